The SMILES string of the molecule is Cl.N[C@H](c1cc(Br)cc([N+](=O)[O-])c1O)[C@@H](O)C1CCCC1. The number of hydrogen-bond acceptors (Lipinski definition) is 5. The van der Waals surface area contributed by atoms with E-state index < -0.39 is 28.5 Å². The normalized spacial score (nSPS) is 18.0. The summed E-state index contributed by atoms with van der Waals surface area (Å²) in [6.45, 7) is 0. The lowest BCUT2D eigenvalue weighted by molar-refractivity contribution is -0.386. The molecule has 8 heteroatoms. The molecule has 2 rings (SSSR count). The Morgan fingerprint density at radius 3 is 2.48 bits per heavy atom. The molecule has 1 aliphatic rings. The van der Waals surface area contributed by atoms with Crippen LogP contribution in [0.5, 0.6) is 5.75 Å². The molecule has 0 amide bonds. The van der Waals surface area contributed by atoms with Gasteiger partial charge in [-0.1, -0.05) is 28.8 Å². The molecule has 0 aromatic heterocycles. The van der Waals surface area contributed by atoms with Crippen LogP contribution in [0.4, 0.5) is 5.69 Å². The summed E-state index contributed by atoms with van der Waals surface area (Å²) >= 11 is 3.16. The monoisotopic (exact) mass is 380 g/mol. The van der Waals surface area contributed by atoms with E-state index in [9.17, 15) is 20.3 Å². The van der Waals surface area contributed by atoms with E-state index in [1.54, 1.807) is 0 Å². The minimum absolute atomic E-state index is 0. The van der Waals surface area contributed by atoms with E-state index in [1.165, 1.54) is 12.1 Å². The molecule has 1 aliphatic carbocycles. The minimum atomic E-state index is -0.839. The molecule has 0 spiro atoms. The quantitative estimate of drug-likeness (QED) is 0.548. The molecule has 4 N–H and O–H groups in total. The Balaban J connectivity index is 0.00000220. The summed E-state index contributed by atoms with van der Waals surface area (Å²) in [7, 11) is 0. The van der Waals surface area contributed by atoms with E-state index in [0.717, 1.165) is 25.7 Å². The van der Waals surface area contributed by atoms with Gasteiger partial charge in [-0.2, -0.15) is 0 Å². The number of nitro groups is 1. The lowest BCUT2D eigenvalue weighted by atomic mass is 9.90. The summed E-state index contributed by atoms with van der Waals surface area (Å²) in [5, 5.41) is 31.2. The zero-order valence-electron chi connectivity index (χ0n) is 11.2. The van der Waals surface area contributed by atoms with Crippen LogP contribution in [0.1, 0.15) is 37.3 Å². The number of rotatable bonds is 4. The molecular formula is C13H18BrClN2O4. The highest BCUT2D eigenvalue weighted by Crippen LogP contribution is 2.40. The Labute approximate surface area is 137 Å². The summed E-state index contributed by atoms with van der Waals surface area (Å²) in [4.78, 5) is 10.2. The summed E-state index contributed by atoms with van der Waals surface area (Å²) in [6.07, 6.45) is 3.09. The Morgan fingerprint density at radius 1 is 1.38 bits per heavy atom. The maximum atomic E-state index is 10.9. The molecule has 0 unspecified atom stereocenters. The van der Waals surface area contributed by atoms with Crippen molar-refractivity contribution < 1.29 is 15.1 Å². The molecule has 21 heavy (non-hydrogen) atoms. The topological polar surface area (TPSA) is 110 Å². The second kappa shape index (κ2) is 7.40. The lowest BCUT2D eigenvalue weighted by Crippen LogP contribution is -2.32. The predicted molar refractivity (Wildman–Crippen MR) is 84.6 cm³/mol. The molecule has 0 aliphatic heterocycles. The number of nitrogens with zero attached hydrogens (tertiary/aromatic N) is 1. The Bertz CT molecular complexity index is 523. The number of aliphatic hydroxyl groups excluding tert-OH is 1. The summed E-state index contributed by atoms with van der Waals surface area (Å²) < 4.78 is 0.450. The van der Waals surface area contributed by atoms with Gasteiger partial charge in [0.15, 0.2) is 5.75 Å². The average Bonchev–Trinajstić information content (AvgIpc) is 2.93. The van der Waals surface area contributed by atoms with Gasteiger partial charge in [0.1, 0.15) is 0 Å². The van der Waals surface area contributed by atoms with Crippen LogP contribution in [0.2, 0.25) is 0 Å². The molecule has 0 saturated heterocycles. The van der Waals surface area contributed by atoms with Crippen LogP contribution in [-0.4, -0.2) is 21.2 Å². The number of benzene rings is 1. The first-order valence-electron chi connectivity index (χ1n) is 6.52. The fraction of sp³-hybridized carbons (Fsp3) is 0.538. The van der Waals surface area contributed by atoms with E-state index in [-0.39, 0.29) is 23.9 Å². The molecule has 1 saturated carbocycles. The smallest absolute Gasteiger partial charge is 0.312 e. The summed E-state index contributed by atoms with van der Waals surface area (Å²) in [6, 6.07) is 1.90. The van der Waals surface area contributed by atoms with Crippen molar-refractivity contribution in [2.45, 2.75) is 37.8 Å². The highest BCUT2D eigenvalue weighted by atomic mass is 79.9. The number of halogens is 2. The Hall–Kier alpha value is -0.890. The second-order valence-corrected chi connectivity index (χ2v) is 6.10. The number of nitrogens with two attached hydrogens (primary N) is 1. The fourth-order valence-corrected chi connectivity index (χ4v) is 3.24. The number of phenols is 1. The third kappa shape index (κ3) is 3.85. The fourth-order valence-electron chi connectivity index (χ4n) is 2.77. The van der Waals surface area contributed by atoms with E-state index >= 15 is 0 Å². The van der Waals surface area contributed by atoms with Gasteiger partial charge < -0.3 is 15.9 Å². The zero-order chi connectivity index (χ0) is 14.9. The van der Waals surface area contributed by atoms with Gasteiger partial charge in [0.2, 0.25) is 0 Å². The van der Waals surface area contributed by atoms with Gasteiger partial charge >= 0.3 is 5.69 Å². The van der Waals surface area contributed by atoms with Crippen molar-refractivity contribution in [2.24, 2.45) is 11.7 Å². The van der Waals surface area contributed by atoms with Gasteiger partial charge in [-0.15, -0.1) is 12.4 Å². The van der Waals surface area contributed by atoms with E-state index in [0.29, 0.717) is 4.47 Å². The lowest BCUT2D eigenvalue weighted by Gasteiger charge is -2.25. The van der Waals surface area contributed by atoms with E-state index in [4.69, 9.17) is 5.73 Å². The third-order valence-corrected chi connectivity index (χ3v) is 4.35. The van der Waals surface area contributed by atoms with Crippen LogP contribution in [0.25, 0.3) is 0 Å². The van der Waals surface area contributed by atoms with Crippen molar-refractivity contribution in [3.63, 3.8) is 0 Å². The Kier molecular flexibility index (Phi) is 6.40. The van der Waals surface area contributed by atoms with Crippen LogP contribution in [0, 0.1) is 16.0 Å². The first-order chi connectivity index (χ1) is 9.41. The van der Waals surface area contributed by atoms with Crippen LogP contribution in [0.15, 0.2) is 16.6 Å². The molecular weight excluding hydrogens is 364 g/mol. The average molecular weight is 382 g/mol. The molecule has 1 fully saturated rings. The van der Waals surface area contributed by atoms with Crippen molar-refractivity contribution in [3.8, 4) is 5.75 Å². The van der Waals surface area contributed by atoms with Crippen molar-refractivity contribution in [1.82, 2.24) is 0 Å². The molecule has 0 radical (unpaired) electrons. The van der Waals surface area contributed by atoms with Gasteiger partial charge in [0.25, 0.3) is 0 Å². The number of nitro benzene ring substituents is 1. The number of phenolic OH excluding ortho intramolecular Hbond substituents is 1. The second-order valence-electron chi connectivity index (χ2n) is 5.18. The third-order valence-electron chi connectivity index (χ3n) is 3.89. The maximum absolute atomic E-state index is 10.9. The maximum Gasteiger partial charge on any atom is 0.312 e. The van der Waals surface area contributed by atoms with Gasteiger partial charge in [-0.3, -0.25) is 10.1 Å². The molecule has 0 heterocycles. The van der Waals surface area contributed by atoms with Crippen LogP contribution >= 0.6 is 28.3 Å². The van der Waals surface area contributed by atoms with Crippen molar-refractivity contribution in [2.75, 3.05) is 0 Å². The predicted octanol–water partition coefficient (Wildman–Crippen LogP) is 3.04. The van der Waals surface area contributed by atoms with Gasteiger partial charge in [-0.05, 0) is 24.8 Å². The van der Waals surface area contributed by atoms with E-state index in [1.807, 2.05) is 0 Å². The highest BCUT2D eigenvalue weighted by molar-refractivity contribution is 9.10. The molecule has 118 valence electrons. The number of aromatic hydroxyl groups is 1. The standard InChI is InChI=1S/C13H17BrN2O4.ClH/c14-8-5-9(13(18)10(6-8)16(19)20)11(15)12(17)7-3-1-2-4-7;/h5-7,11-12,17-18H,1-4,15H2;1H/t11-,12+;/m1./s1. The van der Waals surface area contributed by atoms with E-state index in [2.05, 4.69) is 15.9 Å². The van der Waals surface area contributed by atoms with Crippen LogP contribution < -0.4 is 5.73 Å². The molecule has 0 bridgehead atoms. The van der Waals surface area contributed by atoms with Crippen LogP contribution in [0.3, 0.4) is 0 Å². The number of hydrogen-bond donors (Lipinski definition) is 3. The number of aliphatic hydroxyl groups is 1. The minimum Gasteiger partial charge on any atom is -0.502 e. The molecule has 6 nitrogen and oxygen atoms in total. The van der Waals surface area contributed by atoms with Crippen molar-refractivity contribution in [1.29, 1.82) is 0 Å². The van der Waals surface area contributed by atoms with Crippen LogP contribution in [-0.2, 0) is 0 Å². The summed E-state index contributed by atoms with van der Waals surface area (Å²) in [5.74, 6) is -0.384. The van der Waals surface area contributed by atoms with Gasteiger partial charge in [0, 0.05) is 16.1 Å². The molecule has 2 atom stereocenters. The van der Waals surface area contributed by atoms with Gasteiger partial charge in [0.05, 0.1) is 17.1 Å². The first kappa shape index (κ1) is 18.2. The Morgan fingerprint density at radius 2 is 1.95 bits per heavy atom. The first-order valence-corrected chi connectivity index (χ1v) is 7.31. The summed E-state index contributed by atoms with van der Waals surface area (Å²) in [5.41, 5.74) is 5.79. The zero-order valence-corrected chi connectivity index (χ0v) is 13.6. The van der Waals surface area contributed by atoms with Crippen molar-refractivity contribution >= 4 is 34.0 Å². The molecule has 1 aromatic rings. The van der Waals surface area contributed by atoms with Gasteiger partial charge in [-0.25, -0.2) is 0 Å². The molecule has 1 aromatic carbocycles. The van der Waals surface area contributed by atoms with Crippen molar-refractivity contribution in [3.05, 3.63) is 32.3 Å². The largest absolute Gasteiger partial charge is 0.502 e. The highest BCUT2D eigenvalue weighted by Gasteiger charge is 2.32.